The van der Waals surface area contributed by atoms with Crippen LogP contribution in [0.4, 0.5) is 16.3 Å². The van der Waals surface area contributed by atoms with Crippen LogP contribution in [0.1, 0.15) is 18.3 Å². The first-order chi connectivity index (χ1) is 16.5. The van der Waals surface area contributed by atoms with Crippen LogP contribution in [0.25, 0.3) is 21.9 Å². The molecule has 0 aliphatic carbocycles. The lowest BCUT2D eigenvalue weighted by Gasteiger charge is -2.17. The minimum absolute atomic E-state index is 0.0946. The van der Waals surface area contributed by atoms with Gasteiger partial charge in [0.05, 0.1) is 24.7 Å². The van der Waals surface area contributed by atoms with Gasteiger partial charge in [0, 0.05) is 30.7 Å². The number of carbonyl (C=O) groups excluding carboxylic acids is 1. The number of amides is 2. The highest BCUT2D eigenvalue weighted by Crippen LogP contribution is 2.32. The fourth-order valence-electron chi connectivity index (χ4n) is 4.39. The van der Waals surface area contributed by atoms with Crippen LogP contribution in [0.3, 0.4) is 0 Å². The molecule has 3 heterocycles. The highest BCUT2D eigenvalue weighted by Gasteiger charge is 2.23. The number of hydrogen-bond donors (Lipinski definition) is 2. The van der Waals surface area contributed by atoms with Gasteiger partial charge in [-0.3, -0.25) is 9.80 Å². The number of anilines is 2. The van der Waals surface area contributed by atoms with E-state index in [2.05, 4.69) is 45.9 Å². The van der Waals surface area contributed by atoms with Crippen molar-refractivity contribution in [3.8, 4) is 5.75 Å². The van der Waals surface area contributed by atoms with E-state index in [1.54, 1.807) is 12.0 Å². The smallest absolute Gasteiger partial charge is 0.321 e. The molecule has 2 amide bonds. The molecule has 176 valence electrons. The molecule has 9 nitrogen and oxygen atoms in total. The van der Waals surface area contributed by atoms with Gasteiger partial charge in [-0.25, -0.2) is 14.8 Å². The van der Waals surface area contributed by atoms with Crippen molar-refractivity contribution in [2.75, 3.05) is 44.4 Å². The number of methoxy groups -OCH3 is 1. The lowest BCUT2D eigenvalue weighted by molar-refractivity contribution is 0.252. The molecule has 2 aromatic heterocycles. The highest BCUT2D eigenvalue weighted by atomic mass is 16.5. The van der Waals surface area contributed by atoms with Gasteiger partial charge in [0.2, 0.25) is 0 Å². The van der Waals surface area contributed by atoms with Crippen molar-refractivity contribution in [1.29, 1.82) is 0 Å². The average molecular weight is 460 g/mol. The van der Waals surface area contributed by atoms with Gasteiger partial charge in [0.1, 0.15) is 17.1 Å². The Morgan fingerprint density at radius 2 is 1.97 bits per heavy atom. The first-order valence-electron chi connectivity index (χ1n) is 11.4. The SMILES string of the molecule is CCN(C)Cc1nc2c(N)nc3cc(N4CCNC4=O)ccc3c2n1Cc1ccc(OC)cc1. The Kier molecular flexibility index (Phi) is 5.70. The maximum absolute atomic E-state index is 12.2. The zero-order valence-electron chi connectivity index (χ0n) is 19.7. The van der Waals surface area contributed by atoms with Gasteiger partial charge in [-0.2, -0.15) is 0 Å². The van der Waals surface area contributed by atoms with Crippen LogP contribution in [-0.4, -0.2) is 59.3 Å². The Labute approximate surface area is 198 Å². The van der Waals surface area contributed by atoms with E-state index in [9.17, 15) is 4.79 Å². The van der Waals surface area contributed by atoms with Crippen LogP contribution in [0.2, 0.25) is 0 Å². The molecule has 1 aliphatic rings. The van der Waals surface area contributed by atoms with Gasteiger partial charge < -0.3 is 20.4 Å². The van der Waals surface area contributed by atoms with Crippen molar-refractivity contribution in [1.82, 2.24) is 24.8 Å². The summed E-state index contributed by atoms with van der Waals surface area (Å²) in [4.78, 5) is 25.7. The third-order valence-electron chi connectivity index (χ3n) is 6.39. The Bertz CT molecular complexity index is 1360. The Morgan fingerprint density at radius 3 is 2.65 bits per heavy atom. The van der Waals surface area contributed by atoms with Gasteiger partial charge in [-0.05, 0) is 49.5 Å². The molecule has 1 saturated heterocycles. The second-order valence-corrected chi connectivity index (χ2v) is 8.57. The fraction of sp³-hybridized carbons (Fsp3) is 0.320. The summed E-state index contributed by atoms with van der Waals surface area (Å²) in [6, 6.07) is 13.9. The molecule has 34 heavy (non-hydrogen) atoms. The summed E-state index contributed by atoms with van der Waals surface area (Å²) < 4.78 is 7.54. The largest absolute Gasteiger partial charge is 0.497 e. The molecule has 0 unspecified atom stereocenters. The van der Waals surface area contributed by atoms with Crippen molar-refractivity contribution < 1.29 is 9.53 Å². The summed E-state index contributed by atoms with van der Waals surface area (Å²) in [6.07, 6.45) is 0. The van der Waals surface area contributed by atoms with Gasteiger partial charge >= 0.3 is 6.03 Å². The zero-order valence-corrected chi connectivity index (χ0v) is 19.7. The number of nitrogens with two attached hydrogens (primary N) is 1. The molecular weight excluding hydrogens is 430 g/mol. The third kappa shape index (κ3) is 3.88. The number of fused-ring (bicyclic) bond motifs is 3. The number of urea groups is 1. The summed E-state index contributed by atoms with van der Waals surface area (Å²) in [5.74, 6) is 2.14. The average Bonchev–Trinajstić information content (AvgIpc) is 3.43. The van der Waals surface area contributed by atoms with E-state index in [1.807, 2.05) is 30.3 Å². The van der Waals surface area contributed by atoms with E-state index in [1.165, 1.54) is 0 Å². The molecule has 0 saturated carbocycles. The van der Waals surface area contributed by atoms with Crippen molar-refractivity contribution in [2.45, 2.75) is 20.0 Å². The summed E-state index contributed by atoms with van der Waals surface area (Å²) in [6.45, 7) is 5.62. The number of rotatable bonds is 7. The van der Waals surface area contributed by atoms with Crippen molar-refractivity contribution in [3.05, 3.63) is 53.9 Å². The maximum atomic E-state index is 12.2. The molecule has 1 fully saturated rings. The van der Waals surface area contributed by atoms with E-state index in [4.69, 9.17) is 15.5 Å². The molecule has 9 heteroatoms. The number of aromatic nitrogens is 3. The molecular formula is C25H29N7O2. The van der Waals surface area contributed by atoms with Crippen molar-refractivity contribution in [2.24, 2.45) is 0 Å². The number of carbonyl (C=O) groups is 1. The summed E-state index contributed by atoms with van der Waals surface area (Å²) >= 11 is 0. The van der Waals surface area contributed by atoms with E-state index >= 15 is 0 Å². The predicted octanol–water partition coefficient (Wildman–Crippen LogP) is 3.20. The van der Waals surface area contributed by atoms with Gasteiger partial charge in [-0.15, -0.1) is 0 Å². The van der Waals surface area contributed by atoms with E-state index in [0.717, 1.165) is 45.8 Å². The lowest BCUT2D eigenvalue weighted by atomic mass is 10.1. The van der Waals surface area contributed by atoms with Crippen LogP contribution in [-0.2, 0) is 13.1 Å². The van der Waals surface area contributed by atoms with Crippen LogP contribution >= 0.6 is 0 Å². The van der Waals surface area contributed by atoms with Gasteiger partial charge in [0.15, 0.2) is 5.82 Å². The Morgan fingerprint density at radius 1 is 1.18 bits per heavy atom. The fourth-order valence-corrected chi connectivity index (χ4v) is 4.39. The minimum Gasteiger partial charge on any atom is -0.497 e. The van der Waals surface area contributed by atoms with Gasteiger partial charge in [0.25, 0.3) is 0 Å². The normalized spacial score (nSPS) is 13.9. The number of pyridine rings is 1. The second-order valence-electron chi connectivity index (χ2n) is 8.57. The molecule has 1 aliphatic heterocycles. The first kappa shape index (κ1) is 22.0. The molecule has 0 atom stereocenters. The Hall–Kier alpha value is -3.85. The lowest BCUT2D eigenvalue weighted by Crippen LogP contribution is -2.27. The summed E-state index contributed by atoms with van der Waals surface area (Å²) in [5.41, 5.74) is 10.8. The van der Waals surface area contributed by atoms with Crippen LogP contribution < -0.4 is 20.7 Å². The maximum Gasteiger partial charge on any atom is 0.321 e. The molecule has 0 spiro atoms. The van der Waals surface area contributed by atoms with Crippen LogP contribution in [0, 0.1) is 0 Å². The molecule has 4 aromatic rings. The van der Waals surface area contributed by atoms with E-state index in [-0.39, 0.29) is 6.03 Å². The van der Waals surface area contributed by atoms with E-state index < -0.39 is 0 Å². The highest BCUT2D eigenvalue weighted by molar-refractivity contribution is 6.08. The molecule has 2 aromatic carbocycles. The van der Waals surface area contributed by atoms with Crippen LogP contribution in [0.5, 0.6) is 5.75 Å². The van der Waals surface area contributed by atoms with Crippen molar-refractivity contribution in [3.63, 3.8) is 0 Å². The molecule has 0 bridgehead atoms. The number of ether oxygens (including phenoxy) is 1. The zero-order chi connectivity index (χ0) is 23.8. The number of imidazole rings is 1. The molecule has 0 radical (unpaired) electrons. The standard InChI is InChI=1S/C25H29N7O2/c1-4-30(2)15-21-29-22-23(32(21)14-16-5-8-18(34-3)9-6-16)19-10-7-17(13-20(19)28-24(22)26)31-12-11-27-25(31)33/h5-10,13H,4,11-12,14-15H2,1-3H3,(H2,26,28)(H,27,33). The van der Waals surface area contributed by atoms with Crippen LogP contribution in [0.15, 0.2) is 42.5 Å². The molecule has 5 rings (SSSR count). The predicted molar refractivity (Wildman–Crippen MR) is 134 cm³/mol. The quantitative estimate of drug-likeness (QED) is 0.440. The van der Waals surface area contributed by atoms with Crippen molar-refractivity contribution >= 4 is 39.5 Å². The molecule has 3 N–H and O–H groups in total. The second kappa shape index (κ2) is 8.83. The van der Waals surface area contributed by atoms with Gasteiger partial charge in [-0.1, -0.05) is 19.1 Å². The number of nitrogens with zero attached hydrogens (tertiary/aromatic N) is 5. The third-order valence-corrected chi connectivity index (χ3v) is 6.39. The summed E-state index contributed by atoms with van der Waals surface area (Å²) in [5, 5.41) is 3.80. The first-order valence-corrected chi connectivity index (χ1v) is 11.4. The number of hydrogen-bond acceptors (Lipinski definition) is 6. The minimum atomic E-state index is -0.0946. The number of benzene rings is 2. The number of nitrogens with one attached hydrogen (secondary N) is 1. The summed E-state index contributed by atoms with van der Waals surface area (Å²) in [7, 11) is 3.74. The van der Waals surface area contributed by atoms with E-state index in [0.29, 0.717) is 37.5 Å². The monoisotopic (exact) mass is 459 g/mol. The number of nitrogen functional groups attached to an aromatic ring is 1. The Balaban J connectivity index is 1.68. The topological polar surface area (TPSA) is 102 Å².